The lowest BCUT2D eigenvalue weighted by atomic mass is 10.1. The average Bonchev–Trinajstić information content (AvgIpc) is 2.04. The Balaban J connectivity index is 2.54. The van der Waals surface area contributed by atoms with Crippen molar-refractivity contribution in [3.63, 3.8) is 0 Å². The lowest BCUT2D eigenvalue weighted by molar-refractivity contribution is 1.45. The van der Waals surface area contributed by atoms with Gasteiger partial charge in [-0.25, -0.2) is 0 Å². The van der Waals surface area contributed by atoms with Crippen LogP contribution < -0.4 is 5.32 Å². The first kappa shape index (κ1) is 6.23. The second-order valence-corrected chi connectivity index (χ2v) is 2.50. The van der Waals surface area contributed by atoms with Crippen molar-refractivity contribution in [1.82, 2.24) is 0 Å². The van der Waals surface area contributed by atoms with Gasteiger partial charge in [0.2, 0.25) is 0 Å². The first-order valence-corrected chi connectivity index (χ1v) is 3.53. The number of benzene rings is 1. The van der Waals surface area contributed by atoms with Crippen molar-refractivity contribution in [3.8, 4) is 0 Å². The summed E-state index contributed by atoms with van der Waals surface area (Å²) in [5.74, 6) is 0. The van der Waals surface area contributed by atoms with Crippen LogP contribution in [0.25, 0.3) is 6.08 Å². The largest absolute Gasteiger partial charge is 0.355 e. The molecule has 0 saturated carbocycles. The summed E-state index contributed by atoms with van der Waals surface area (Å²) in [5.41, 5.74) is 2.96. The normalized spacial score (nSPS) is 14.0. The lowest BCUT2D eigenvalue weighted by Gasteiger charge is -2.13. The molecular formula is C10H8N. The van der Waals surface area contributed by atoms with Gasteiger partial charge in [-0.15, -0.1) is 0 Å². The van der Waals surface area contributed by atoms with Gasteiger partial charge in [-0.2, -0.15) is 0 Å². The molecule has 0 bridgehead atoms. The highest BCUT2D eigenvalue weighted by Gasteiger charge is 2.02. The lowest BCUT2D eigenvalue weighted by Crippen LogP contribution is -2.00. The van der Waals surface area contributed by atoms with Crippen LogP contribution >= 0.6 is 0 Å². The van der Waals surface area contributed by atoms with Crippen molar-refractivity contribution in [2.24, 2.45) is 0 Å². The Morgan fingerprint density at radius 3 is 2.82 bits per heavy atom. The molecule has 1 radical (unpaired) electrons. The molecular weight excluding hydrogens is 134 g/mol. The Hall–Kier alpha value is -1.50. The van der Waals surface area contributed by atoms with Crippen LogP contribution in [0.15, 0.2) is 36.0 Å². The van der Waals surface area contributed by atoms with Gasteiger partial charge >= 0.3 is 0 Å². The van der Waals surface area contributed by atoms with E-state index in [4.69, 9.17) is 6.58 Å². The molecule has 1 aliphatic rings. The highest BCUT2D eigenvalue weighted by molar-refractivity contribution is 5.73. The van der Waals surface area contributed by atoms with Crippen LogP contribution in [-0.4, -0.2) is 0 Å². The zero-order valence-corrected chi connectivity index (χ0v) is 6.04. The van der Waals surface area contributed by atoms with E-state index < -0.39 is 0 Å². The molecule has 0 amide bonds. The highest BCUT2D eigenvalue weighted by atomic mass is 14.9. The van der Waals surface area contributed by atoms with Crippen LogP contribution in [0.4, 0.5) is 5.69 Å². The predicted octanol–water partition coefficient (Wildman–Crippen LogP) is 2.44. The zero-order chi connectivity index (χ0) is 7.68. The van der Waals surface area contributed by atoms with Gasteiger partial charge in [0, 0.05) is 11.4 Å². The highest BCUT2D eigenvalue weighted by Crippen LogP contribution is 2.22. The molecule has 1 heteroatoms. The first-order valence-electron chi connectivity index (χ1n) is 3.53. The van der Waals surface area contributed by atoms with Crippen LogP contribution in [-0.2, 0) is 0 Å². The number of allylic oxidation sites excluding steroid dienone is 1. The summed E-state index contributed by atoms with van der Waals surface area (Å²) in [5, 5.41) is 3.07. The fourth-order valence-electron chi connectivity index (χ4n) is 1.13. The maximum absolute atomic E-state index is 5.57. The van der Waals surface area contributed by atoms with Crippen molar-refractivity contribution in [3.05, 3.63) is 48.2 Å². The maximum atomic E-state index is 5.57. The molecule has 2 rings (SSSR count). The first-order chi connectivity index (χ1) is 5.36. The van der Waals surface area contributed by atoms with E-state index in [-0.39, 0.29) is 0 Å². The molecule has 0 aromatic heterocycles. The molecule has 1 aromatic carbocycles. The third-order valence-electron chi connectivity index (χ3n) is 1.68. The van der Waals surface area contributed by atoms with Gasteiger partial charge in [-0.1, -0.05) is 24.3 Å². The monoisotopic (exact) mass is 142 g/mol. The Labute approximate surface area is 66.1 Å². The third-order valence-corrected chi connectivity index (χ3v) is 1.68. The Morgan fingerprint density at radius 2 is 1.91 bits per heavy atom. The number of fused-ring (bicyclic) bond motifs is 1. The minimum Gasteiger partial charge on any atom is -0.355 e. The van der Waals surface area contributed by atoms with Crippen LogP contribution in [0.2, 0.25) is 0 Å². The number of rotatable bonds is 0. The van der Waals surface area contributed by atoms with E-state index in [9.17, 15) is 0 Å². The summed E-state index contributed by atoms with van der Waals surface area (Å²) in [6.07, 6.45) is 3.86. The fraction of sp³-hybridized carbons (Fsp3) is 0. The summed E-state index contributed by atoms with van der Waals surface area (Å²) in [6.45, 7) is 5.57. The van der Waals surface area contributed by atoms with E-state index in [1.165, 1.54) is 5.56 Å². The molecule has 0 fully saturated rings. The van der Waals surface area contributed by atoms with Crippen molar-refractivity contribution in [2.75, 3.05) is 5.32 Å². The van der Waals surface area contributed by atoms with Gasteiger partial charge < -0.3 is 5.32 Å². The van der Waals surface area contributed by atoms with Gasteiger partial charge in [0.25, 0.3) is 0 Å². The smallest absolute Gasteiger partial charge is 0.0457 e. The molecule has 1 aromatic rings. The predicted molar refractivity (Wildman–Crippen MR) is 46.9 cm³/mol. The number of para-hydroxylation sites is 1. The molecule has 11 heavy (non-hydrogen) atoms. The van der Waals surface area contributed by atoms with E-state index in [2.05, 4.69) is 5.32 Å². The van der Waals surface area contributed by atoms with E-state index in [0.29, 0.717) is 5.70 Å². The summed E-state index contributed by atoms with van der Waals surface area (Å²) >= 11 is 0. The summed E-state index contributed by atoms with van der Waals surface area (Å²) in [7, 11) is 0. The van der Waals surface area contributed by atoms with Gasteiger partial charge in [-0.3, -0.25) is 0 Å². The Morgan fingerprint density at radius 1 is 1.09 bits per heavy atom. The molecule has 53 valence electrons. The molecule has 0 saturated heterocycles. The number of hydrogen-bond donors (Lipinski definition) is 1. The zero-order valence-electron chi connectivity index (χ0n) is 6.04. The minimum atomic E-state index is 0.698. The third kappa shape index (κ3) is 1.05. The van der Waals surface area contributed by atoms with Gasteiger partial charge in [-0.05, 0) is 24.3 Å². The molecule has 1 nitrogen and oxygen atoms in total. The van der Waals surface area contributed by atoms with Gasteiger partial charge in [0.15, 0.2) is 0 Å². The van der Waals surface area contributed by atoms with Gasteiger partial charge in [0.1, 0.15) is 0 Å². The number of nitrogens with one attached hydrogen (secondary N) is 1. The molecule has 1 heterocycles. The van der Waals surface area contributed by atoms with E-state index in [1.807, 2.05) is 36.4 Å². The number of hydrogen-bond acceptors (Lipinski definition) is 1. The SMILES string of the molecule is [CH]=C1C=Cc2ccccc2N1. The molecule has 0 spiro atoms. The van der Waals surface area contributed by atoms with E-state index in [0.717, 1.165) is 5.69 Å². The average molecular weight is 142 g/mol. The van der Waals surface area contributed by atoms with Crippen molar-refractivity contribution in [2.45, 2.75) is 0 Å². The summed E-state index contributed by atoms with van der Waals surface area (Å²) < 4.78 is 0. The molecule has 0 aliphatic carbocycles. The van der Waals surface area contributed by atoms with Crippen LogP contribution in [0.5, 0.6) is 0 Å². The topological polar surface area (TPSA) is 12.0 Å². The quantitative estimate of drug-likeness (QED) is 0.586. The number of anilines is 1. The molecule has 1 aliphatic heterocycles. The Bertz CT molecular complexity index is 323. The Kier molecular flexibility index (Phi) is 1.29. The maximum Gasteiger partial charge on any atom is 0.0457 e. The summed E-state index contributed by atoms with van der Waals surface area (Å²) in [4.78, 5) is 0. The summed E-state index contributed by atoms with van der Waals surface area (Å²) in [6, 6.07) is 8.04. The van der Waals surface area contributed by atoms with Crippen LogP contribution in [0.1, 0.15) is 5.56 Å². The fourth-order valence-corrected chi connectivity index (χ4v) is 1.13. The van der Waals surface area contributed by atoms with Crippen molar-refractivity contribution < 1.29 is 0 Å². The van der Waals surface area contributed by atoms with Crippen LogP contribution in [0, 0.1) is 6.58 Å². The van der Waals surface area contributed by atoms with Crippen molar-refractivity contribution in [1.29, 1.82) is 0 Å². The van der Waals surface area contributed by atoms with E-state index in [1.54, 1.807) is 0 Å². The molecule has 0 atom stereocenters. The standard InChI is InChI=1S/C10H8N/c1-8-6-7-9-4-2-3-5-10(9)11-8/h1-7,11H. The van der Waals surface area contributed by atoms with Gasteiger partial charge in [0.05, 0.1) is 0 Å². The molecule has 1 N–H and O–H groups in total. The van der Waals surface area contributed by atoms with E-state index >= 15 is 0 Å². The molecule has 0 unspecified atom stereocenters. The van der Waals surface area contributed by atoms with Crippen LogP contribution in [0.3, 0.4) is 0 Å². The minimum absolute atomic E-state index is 0.698. The second kappa shape index (κ2) is 2.27. The van der Waals surface area contributed by atoms with Crippen molar-refractivity contribution >= 4 is 11.8 Å². The second-order valence-electron chi connectivity index (χ2n) is 2.50.